The lowest BCUT2D eigenvalue weighted by Crippen LogP contribution is -2.00. The third kappa shape index (κ3) is 5.23. The van der Waals surface area contributed by atoms with Crippen LogP contribution in [0, 0.1) is 0 Å². The summed E-state index contributed by atoms with van der Waals surface area (Å²) < 4.78 is 0. The highest BCUT2D eigenvalue weighted by molar-refractivity contribution is 6.31. The van der Waals surface area contributed by atoms with E-state index in [-0.39, 0.29) is 0 Å². The van der Waals surface area contributed by atoms with Crippen LogP contribution in [0.4, 0.5) is 0 Å². The van der Waals surface area contributed by atoms with Gasteiger partial charge >= 0.3 is 0 Å². The molecule has 0 saturated carbocycles. The standard InChI is InChI=1S/C37H24ClN3/c38-34-23-32(31-20-17-26-11-7-8-14-30(26)21-31)22-33(24-34)37-40-35(28-12-5-2-6-13-28)39-36(41-37)29-18-15-27(16-19-29)25-9-3-1-4-10-25/h1-24H. The summed E-state index contributed by atoms with van der Waals surface area (Å²) in [4.78, 5) is 14.7. The molecule has 0 saturated heterocycles. The quantitative estimate of drug-likeness (QED) is 0.216. The highest BCUT2D eigenvalue weighted by Crippen LogP contribution is 2.33. The van der Waals surface area contributed by atoms with E-state index in [2.05, 4.69) is 84.9 Å². The summed E-state index contributed by atoms with van der Waals surface area (Å²) in [6.07, 6.45) is 0. The van der Waals surface area contributed by atoms with Gasteiger partial charge in [0.05, 0.1) is 0 Å². The number of fused-ring (bicyclic) bond motifs is 1. The van der Waals surface area contributed by atoms with Crippen molar-refractivity contribution in [1.82, 2.24) is 15.0 Å². The van der Waals surface area contributed by atoms with Gasteiger partial charge in [-0.05, 0) is 57.3 Å². The molecule has 0 radical (unpaired) electrons. The van der Waals surface area contributed by atoms with Gasteiger partial charge in [0.2, 0.25) is 0 Å². The van der Waals surface area contributed by atoms with Crippen LogP contribution in [-0.4, -0.2) is 15.0 Å². The van der Waals surface area contributed by atoms with Crippen molar-refractivity contribution >= 4 is 22.4 Å². The third-order valence-electron chi connectivity index (χ3n) is 7.16. The van der Waals surface area contributed by atoms with E-state index in [9.17, 15) is 0 Å². The van der Waals surface area contributed by atoms with Crippen molar-refractivity contribution < 1.29 is 0 Å². The van der Waals surface area contributed by atoms with Gasteiger partial charge in [-0.25, -0.2) is 15.0 Å². The fourth-order valence-electron chi connectivity index (χ4n) is 5.05. The van der Waals surface area contributed by atoms with E-state index in [1.165, 1.54) is 16.3 Å². The Kier molecular flexibility index (Phi) is 6.56. The molecule has 0 aliphatic heterocycles. The normalized spacial score (nSPS) is 11.0. The highest BCUT2D eigenvalue weighted by atomic mass is 35.5. The zero-order chi connectivity index (χ0) is 27.6. The Labute approximate surface area is 243 Å². The Morgan fingerprint density at radius 2 is 0.780 bits per heavy atom. The number of benzene rings is 6. The Morgan fingerprint density at radius 1 is 0.317 bits per heavy atom. The molecule has 0 unspecified atom stereocenters. The maximum atomic E-state index is 6.69. The molecular formula is C37H24ClN3. The topological polar surface area (TPSA) is 38.7 Å². The third-order valence-corrected chi connectivity index (χ3v) is 7.37. The van der Waals surface area contributed by atoms with Gasteiger partial charge in [0.1, 0.15) is 0 Å². The van der Waals surface area contributed by atoms with Gasteiger partial charge in [0.25, 0.3) is 0 Å². The van der Waals surface area contributed by atoms with Crippen LogP contribution in [-0.2, 0) is 0 Å². The van der Waals surface area contributed by atoms with Gasteiger partial charge in [-0.3, -0.25) is 0 Å². The zero-order valence-electron chi connectivity index (χ0n) is 22.1. The molecule has 41 heavy (non-hydrogen) atoms. The van der Waals surface area contributed by atoms with E-state index in [1.807, 2.05) is 60.7 Å². The van der Waals surface area contributed by atoms with Crippen molar-refractivity contribution in [1.29, 1.82) is 0 Å². The SMILES string of the molecule is Clc1cc(-c2ccc3ccccc3c2)cc(-c2nc(-c3ccccc3)nc(-c3ccc(-c4ccccc4)cc3)n2)c1. The predicted octanol–water partition coefficient (Wildman–Crippen LogP) is 10.0. The number of rotatable bonds is 5. The Bertz CT molecular complexity index is 1990. The molecule has 0 fully saturated rings. The minimum atomic E-state index is 0.575. The first-order chi connectivity index (χ1) is 20.2. The summed E-state index contributed by atoms with van der Waals surface area (Å²) in [7, 11) is 0. The van der Waals surface area contributed by atoms with E-state index >= 15 is 0 Å². The van der Waals surface area contributed by atoms with Crippen LogP contribution in [0.15, 0.2) is 146 Å². The van der Waals surface area contributed by atoms with Crippen LogP contribution >= 0.6 is 11.6 Å². The largest absolute Gasteiger partial charge is 0.208 e. The minimum absolute atomic E-state index is 0.575. The van der Waals surface area contributed by atoms with Gasteiger partial charge in [0, 0.05) is 21.7 Å². The summed E-state index contributed by atoms with van der Waals surface area (Å²) in [6.45, 7) is 0. The van der Waals surface area contributed by atoms with Crippen molar-refractivity contribution in [3.05, 3.63) is 151 Å². The van der Waals surface area contributed by atoms with Gasteiger partial charge < -0.3 is 0 Å². The van der Waals surface area contributed by atoms with E-state index in [0.717, 1.165) is 33.4 Å². The van der Waals surface area contributed by atoms with Crippen molar-refractivity contribution in [2.75, 3.05) is 0 Å². The average Bonchev–Trinajstić information content (AvgIpc) is 3.05. The fraction of sp³-hybridized carbons (Fsp3) is 0. The van der Waals surface area contributed by atoms with Crippen molar-refractivity contribution in [3.8, 4) is 56.4 Å². The number of hydrogen-bond donors (Lipinski definition) is 0. The molecule has 7 aromatic rings. The van der Waals surface area contributed by atoms with E-state index in [0.29, 0.717) is 22.5 Å². The fourth-order valence-corrected chi connectivity index (χ4v) is 5.28. The average molecular weight is 546 g/mol. The molecule has 0 spiro atoms. The van der Waals surface area contributed by atoms with E-state index < -0.39 is 0 Å². The predicted molar refractivity (Wildman–Crippen MR) is 170 cm³/mol. The van der Waals surface area contributed by atoms with E-state index in [1.54, 1.807) is 0 Å². The summed E-state index contributed by atoms with van der Waals surface area (Å²) in [5.74, 6) is 1.80. The van der Waals surface area contributed by atoms with Crippen molar-refractivity contribution in [3.63, 3.8) is 0 Å². The first-order valence-corrected chi connectivity index (χ1v) is 13.8. The van der Waals surface area contributed by atoms with Crippen LogP contribution in [0.1, 0.15) is 0 Å². The van der Waals surface area contributed by atoms with Gasteiger partial charge in [-0.1, -0.05) is 133 Å². The van der Waals surface area contributed by atoms with Crippen LogP contribution in [0.3, 0.4) is 0 Å². The smallest absolute Gasteiger partial charge is 0.164 e. The van der Waals surface area contributed by atoms with E-state index in [4.69, 9.17) is 26.6 Å². The van der Waals surface area contributed by atoms with Crippen LogP contribution in [0.5, 0.6) is 0 Å². The molecule has 6 aromatic carbocycles. The van der Waals surface area contributed by atoms with Crippen molar-refractivity contribution in [2.24, 2.45) is 0 Å². The first kappa shape index (κ1) is 24.9. The second-order valence-electron chi connectivity index (χ2n) is 9.91. The Morgan fingerprint density at radius 3 is 1.46 bits per heavy atom. The lowest BCUT2D eigenvalue weighted by Gasteiger charge is -2.11. The molecule has 0 amide bonds. The zero-order valence-corrected chi connectivity index (χ0v) is 22.8. The lowest BCUT2D eigenvalue weighted by atomic mass is 9.99. The molecule has 1 aromatic heterocycles. The molecule has 0 N–H and O–H groups in total. The number of halogens is 1. The maximum Gasteiger partial charge on any atom is 0.164 e. The summed E-state index contributed by atoms with van der Waals surface area (Å²) in [6, 6.07) is 49.5. The molecule has 0 aliphatic carbocycles. The van der Waals surface area contributed by atoms with Gasteiger partial charge in [-0.2, -0.15) is 0 Å². The molecule has 0 aliphatic rings. The Hall–Kier alpha value is -5.12. The lowest BCUT2D eigenvalue weighted by molar-refractivity contribution is 1.07. The number of hydrogen-bond acceptors (Lipinski definition) is 3. The molecule has 3 nitrogen and oxygen atoms in total. The molecule has 4 heteroatoms. The number of nitrogens with zero attached hydrogens (tertiary/aromatic N) is 3. The highest BCUT2D eigenvalue weighted by Gasteiger charge is 2.14. The Balaban J connectivity index is 1.34. The molecule has 0 bridgehead atoms. The monoisotopic (exact) mass is 545 g/mol. The minimum Gasteiger partial charge on any atom is -0.208 e. The summed E-state index contributed by atoms with van der Waals surface area (Å²) in [5, 5.41) is 3.01. The van der Waals surface area contributed by atoms with Gasteiger partial charge in [-0.15, -0.1) is 0 Å². The molecular weight excluding hydrogens is 522 g/mol. The molecule has 194 valence electrons. The number of aromatic nitrogens is 3. The van der Waals surface area contributed by atoms with Crippen LogP contribution in [0.2, 0.25) is 5.02 Å². The maximum absolute atomic E-state index is 6.69. The second kappa shape index (κ2) is 10.8. The first-order valence-electron chi connectivity index (χ1n) is 13.5. The molecule has 7 rings (SSSR count). The van der Waals surface area contributed by atoms with Crippen LogP contribution in [0.25, 0.3) is 67.2 Å². The van der Waals surface area contributed by atoms with Crippen LogP contribution < -0.4 is 0 Å². The summed E-state index contributed by atoms with van der Waals surface area (Å²) in [5.41, 5.74) is 7.08. The van der Waals surface area contributed by atoms with Gasteiger partial charge in [0.15, 0.2) is 17.5 Å². The molecule has 1 heterocycles. The summed E-state index contributed by atoms with van der Waals surface area (Å²) >= 11 is 6.69. The second-order valence-corrected chi connectivity index (χ2v) is 10.3. The van der Waals surface area contributed by atoms with Crippen molar-refractivity contribution in [2.45, 2.75) is 0 Å². The molecule has 0 atom stereocenters.